The van der Waals surface area contributed by atoms with Crippen LogP contribution in [0.25, 0.3) is 6.08 Å². The highest BCUT2D eigenvalue weighted by Crippen LogP contribution is 2.29. The highest BCUT2D eigenvalue weighted by molar-refractivity contribution is 6.32. The number of carbonyl (C=O) groups is 1. The minimum absolute atomic E-state index is 0.0170. The molecule has 0 saturated heterocycles. The van der Waals surface area contributed by atoms with Crippen molar-refractivity contribution in [3.63, 3.8) is 0 Å². The molecule has 1 aromatic rings. The zero-order valence-electron chi connectivity index (χ0n) is 8.54. The zero-order valence-corrected chi connectivity index (χ0v) is 9.29. The Morgan fingerprint density at radius 2 is 2.31 bits per heavy atom. The molecule has 0 amide bonds. The van der Waals surface area contributed by atoms with E-state index in [1.165, 1.54) is 12.1 Å². The Bertz CT molecular complexity index is 406. The van der Waals surface area contributed by atoms with Crippen LogP contribution in [0.3, 0.4) is 0 Å². The highest BCUT2D eigenvalue weighted by Gasteiger charge is 2.09. The minimum Gasteiger partial charge on any atom is -0.489 e. The van der Waals surface area contributed by atoms with E-state index in [-0.39, 0.29) is 10.8 Å². The van der Waals surface area contributed by atoms with E-state index in [4.69, 9.17) is 21.4 Å². The molecule has 1 rings (SSSR count). The molecule has 0 radical (unpaired) electrons. The highest BCUT2D eigenvalue weighted by atomic mass is 35.5. The SMILES string of the molecule is CCOc1c(F)cc(/C=C/C(=O)O)cc1Cl. The van der Waals surface area contributed by atoms with E-state index >= 15 is 0 Å². The maximum atomic E-state index is 13.4. The number of carboxylic acid groups (broad SMARTS) is 1. The molecule has 0 fully saturated rings. The Morgan fingerprint density at radius 1 is 1.62 bits per heavy atom. The van der Waals surface area contributed by atoms with Gasteiger partial charge in [-0.15, -0.1) is 0 Å². The van der Waals surface area contributed by atoms with Crippen LogP contribution in [0.4, 0.5) is 4.39 Å². The van der Waals surface area contributed by atoms with Crippen LogP contribution in [0.5, 0.6) is 5.75 Å². The van der Waals surface area contributed by atoms with Crippen LogP contribution >= 0.6 is 11.6 Å². The third-order valence-corrected chi connectivity index (χ3v) is 2.01. The summed E-state index contributed by atoms with van der Waals surface area (Å²) in [6, 6.07) is 2.60. The van der Waals surface area contributed by atoms with Gasteiger partial charge in [0.25, 0.3) is 0 Å². The predicted octanol–water partition coefficient (Wildman–Crippen LogP) is 2.98. The maximum absolute atomic E-state index is 13.4. The van der Waals surface area contributed by atoms with Gasteiger partial charge in [-0.1, -0.05) is 11.6 Å². The van der Waals surface area contributed by atoms with Crippen molar-refractivity contribution >= 4 is 23.6 Å². The first-order valence-electron chi connectivity index (χ1n) is 4.57. The van der Waals surface area contributed by atoms with Gasteiger partial charge >= 0.3 is 5.97 Å². The Labute approximate surface area is 97.1 Å². The summed E-state index contributed by atoms with van der Waals surface area (Å²) in [5.41, 5.74) is 0.369. The van der Waals surface area contributed by atoms with E-state index in [1.54, 1.807) is 6.92 Å². The molecular formula is C11H10ClFO3. The molecule has 1 aromatic carbocycles. The van der Waals surface area contributed by atoms with Crippen LogP contribution < -0.4 is 4.74 Å². The lowest BCUT2D eigenvalue weighted by molar-refractivity contribution is -0.131. The van der Waals surface area contributed by atoms with Gasteiger partial charge in [-0.2, -0.15) is 0 Å². The molecule has 0 aliphatic carbocycles. The summed E-state index contributed by atoms with van der Waals surface area (Å²) in [5.74, 6) is -1.73. The average molecular weight is 245 g/mol. The van der Waals surface area contributed by atoms with Crippen molar-refractivity contribution in [2.75, 3.05) is 6.61 Å². The van der Waals surface area contributed by atoms with E-state index < -0.39 is 11.8 Å². The molecule has 0 aliphatic rings. The number of aliphatic carboxylic acids is 1. The quantitative estimate of drug-likeness (QED) is 0.829. The van der Waals surface area contributed by atoms with Gasteiger partial charge < -0.3 is 9.84 Å². The molecule has 16 heavy (non-hydrogen) atoms. The Balaban J connectivity index is 3.04. The van der Waals surface area contributed by atoms with Gasteiger partial charge in [-0.05, 0) is 30.7 Å². The predicted molar refractivity (Wildman–Crippen MR) is 59.2 cm³/mol. The fraction of sp³-hybridized carbons (Fsp3) is 0.182. The Kier molecular flexibility index (Phi) is 4.31. The molecule has 0 saturated carbocycles. The van der Waals surface area contributed by atoms with Crippen molar-refractivity contribution in [3.05, 3.63) is 34.6 Å². The zero-order chi connectivity index (χ0) is 12.1. The average Bonchev–Trinajstić information content (AvgIpc) is 2.20. The maximum Gasteiger partial charge on any atom is 0.328 e. The lowest BCUT2D eigenvalue weighted by atomic mass is 10.2. The van der Waals surface area contributed by atoms with E-state index in [9.17, 15) is 9.18 Å². The summed E-state index contributed by atoms with van der Waals surface area (Å²) in [4.78, 5) is 10.3. The summed E-state index contributed by atoms with van der Waals surface area (Å²) < 4.78 is 18.4. The smallest absolute Gasteiger partial charge is 0.328 e. The second kappa shape index (κ2) is 5.51. The van der Waals surface area contributed by atoms with Gasteiger partial charge in [-0.3, -0.25) is 0 Å². The van der Waals surface area contributed by atoms with Crippen molar-refractivity contribution in [3.8, 4) is 5.75 Å². The van der Waals surface area contributed by atoms with Crippen LogP contribution in [0.2, 0.25) is 5.02 Å². The van der Waals surface area contributed by atoms with Gasteiger partial charge in [0.05, 0.1) is 11.6 Å². The summed E-state index contributed by atoms with van der Waals surface area (Å²) in [5, 5.41) is 8.53. The molecule has 0 unspecified atom stereocenters. The van der Waals surface area contributed by atoms with E-state index in [1.807, 2.05) is 0 Å². The van der Waals surface area contributed by atoms with Gasteiger partial charge in [0.2, 0.25) is 0 Å². The number of carboxylic acids is 1. The molecule has 3 nitrogen and oxygen atoms in total. The minimum atomic E-state index is -1.11. The number of hydrogen-bond donors (Lipinski definition) is 1. The van der Waals surface area contributed by atoms with Crippen LogP contribution in [0.15, 0.2) is 18.2 Å². The van der Waals surface area contributed by atoms with E-state index in [0.29, 0.717) is 12.2 Å². The molecule has 0 spiro atoms. The first-order chi connectivity index (χ1) is 7.54. The standard InChI is InChI=1S/C11H10ClFO3/c1-2-16-11-8(12)5-7(6-9(11)13)3-4-10(14)15/h3-6H,2H2,1H3,(H,14,15)/b4-3+. The summed E-state index contributed by atoms with van der Waals surface area (Å²) in [6.45, 7) is 2.02. The van der Waals surface area contributed by atoms with Crippen LogP contribution in [-0.2, 0) is 4.79 Å². The Hall–Kier alpha value is -1.55. The molecule has 5 heteroatoms. The van der Waals surface area contributed by atoms with Crippen LogP contribution in [-0.4, -0.2) is 17.7 Å². The van der Waals surface area contributed by atoms with Crippen molar-refractivity contribution in [1.82, 2.24) is 0 Å². The molecule has 0 aliphatic heterocycles. The Morgan fingerprint density at radius 3 is 2.81 bits per heavy atom. The first kappa shape index (κ1) is 12.5. The van der Waals surface area contributed by atoms with Crippen LogP contribution in [0.1, 0.15) is 12.5 Å². The molecule has 86 valence electrons. The summed E-state index contributed by atoms with van der Waals surface area (Å²) >= 11 is 5.78. The number of ether oxygens (including phenoxy) is 1. The first-order valence-corrected chi connectivity index (χ1v) is 4.95. The topological polar surface area (TPSA) is 46.5 Å². The molecule has 0 bridgehead atoms. The number of rotatable bonds is 4. The molecule has 1 N–H and O–H groups in total. The van der Waals surface area contributed by atoms with E-state index in [2.05, 4.69) is 0 Å². The molecular weight excluding hydrogens is 235 g/mol. The molecule has 0 aromatic heterocycles. The van der Waals surface area contributed by atoms with Crippen molar-refractivity contribution in [1.29, 1.82) is 0 Å². The van der Waals surface area contributed by atoms with Gasteiger partial charge in [0.15, 0.2) is 11.6 Å². The van der Waals surface area contributed by atoms with Crippen LogP contribution in [0, 0.1) is 5.82 Å². The number of halogens is 2. The monoisotopic (exact) mass is 244 g/mol. The lowest BCUT2D eigenvalue weighted by Crippen LogP contribution is -1.96. The fourth-order valence-corrected chi connectivity index (χ4v) is 1.40. The largest absolute Gasteiger partial charge is 0.489 e. The van der Waals surface area contributed by atoms with Gasteiger partial charge in [0, 0.05) is 6.08 Å². The molecule has 0 heterocycles. The fourth-order valence-electron chi connectivity index (χ4n) is 1.13. The van der Waals surface area contributed by atoms with Gasteiger partial charge in [-0.25, -0.2) is 9.18 Å². The van der Waals surface area contributed by atoms with Gasteiger partial charge in [0.1, 0.15) is 0 Å². The third kappa shape index (κ3) is 3.24. The lowest BCUT2D eigenvalue weighted by Gasteiger charge is -2.07. The van der Waals surface area contributed by atoms with Crippen molar-refractivity contribution < 1.29 is 19.0 Å². The van der Waals surface area contributed by atoms with E-state index in [0.717, 1.165) is 12.1 Å². The summed E-state index contributed by atoms with van der Waals surface area (Å²) in [6.07, 6.45) is 2.17. The van der Waals surface area contributed by atoms with Crippen molar-refractivity contribution in [2.24, 2.45) is 0 Å². The second-order valence-corrected chi connectivity index (χ2v) is 3.33. The number of hydrogen-bond acceptors (Lipinski definition) is 2. The summed E-state index contributed by atoms with van der Waals surface area (Å²) in [7, 11) is 0. The number of benzene rings is 1. The van der Waals surface area contributed by atoms with Crippen molar-refractivity contribution in [2.45, 2.75) is 6.92 Å². The normalized spacial score (nSPS) is 10.7. The molecule has 0 atom stereocenters. The third-order valence-electron chi connectivity index (χ3n) is 1.73. The second-order valence-electron chi connectivity index (χ2n) is 2.92.